The molecule has 24 heavy (non-hydrogen) atoms. The lowest BCUT2D eigenvalue weighted by atomic mass is 9.97. The van der Waals surface area contributed by atoms with Crippen LogP contribution in [0.4, 0.5) is 0 Å². The number of nitrogens with zero attached hydrogens (tertiary/aromatic N) is 2. The molecule has 2 aromatic rings. The molecule has 1 saturated heterocycles. The predicted octanol–water partition coefficient (Wildman–Crippen LogP) is 2.38. The molecule has 3 rings (SSSR count). The average molecular weight is 347 g/mol. The number of carbonyl (C=O) groups is 2. The first-order valence-electron chi connectivity index (χ1n) is 8.01. The van der Waals surface area contributed by atoms with Gasteiger partial charge in [0.15, 0.2) is 5.16 Å². The summed E-state index contributed by atoms with van der Waals surface area (Å²) in [4.78, 5) is 33.4. The van der Waals surface area contributed by atoms with Crippen molar-refractivity contribution in [2.24, 2.45) is 5.92 Å². The van der Waals surface area contributed by atoms with Gasteiger partial charge in [0.05, 0.1) is 29.8 Å². The lowest BCUT2D eigenvalue weighted by Gasteiger charge is -2.30. The molecule has 0 saturated carbocycles. The first kappa shape index (κ1) is 16.8. The highest BCUT2D eigenvalue weighted by Crippen LogP contribution is 2.23. The fraction of sp³-hybridized carbons (Fsp3) is 0.471. The lowest BCUT2D eigenvalue weighted by Crippen LogP contribution is -2.41. The van der Waals surface area contributed by atoms with Crippen molar-refractivity contribution in [3.8, 4) is 0 Å². The number of piperidine rings is 1. The van der Waals surface area contributed by atoms with Gasteiger partial charge in [0.1, 0.15) is 0 Å². The van der Waals surface area contributed by atoms with Crippen molar-refractivity contribution in [1.29, 1.82) is 0 Å². The van der Waals surface area contributed by atoms with Crippen LogP contribution in [0.15, 0.2) is 23.4 Å². The highest BCUT2D eigenvalue weighted by atomic mass is 32.2. The van der Waals surface area contributed by atoms with Gasteiger partial charge in [-0.15, -0.1) is 0 Å². The van der Waals surface area contributed by atoms with Crippen LogP contribution in [0.25, 0.3) is 11.0 Å². The first-order valence-corrected chi connectivity index (χ1v) is 9.00. The molecule has 0 atom stereocenters. The maximum absolute atomic E-state index is 12.3. The van der Waals surface area contributed by atoms with E-state index in [2.05, 4.69) is 9.97 Å². The van der Waals surface area contributed by atoms with E-state index in [1.54, 1.807) is 0 Å². The van der Waals surface area contributed by atoms with Crippen molar-refractivity contribution in [2.45, 2.75) is 24.9 Å². The van der Waals surface area contributed by atoms with Crippen molar-refractivity contribution in [1.82, 2.24) is 14.9 Å². The zero-order valence-electron chi connectivity index (χ0n) is 13.9. The number of H-pyrrole nitrogens is 1. The summed E-state index contributed by atoms with van der Waals surface area (Å²) in [6.07, 6.45) is 1.35. The highest BCUT2D eigenvalue weighted by molar-refractivity contribution is 7.99. The molecule has 1 amide bonds. The Morgan fingerprint density at radius 3 is 2.83 bits per heavy atom. The molecule has 1 aliphatic rings. The summed E-state index contributed by atoms with van der Waals surface area (Å²) in [7, 11) is 1.41. The number of benzene rings is 1. The van der Waals surface area contributed by atoms with E-state index in [0.717, 1.165) is 16.2 Å². The van der Waals surface area contributed by atoms with Gasteiger partial charge in [0, 0.05) is 13.1 Å². The number of aryl methyl sites for hydroxylation is 1. The fourth-order valence-corrected chi connectivity index (χ4v) is 3.71. The zero-order chi connectivity index (χ0) is 17.1. The van der Waals surface area contributed by atoms with Crippen molar-refractivity contribution < 1.29 is 14.3 Å². The van der Waals surface area contributed by atoms with E-state index in [1.807, 2.05) is 30.0 Å². The number of carbonyl (C=O) groups excluding carboxylic acids is 2. The van der Waals surface area contributed by atoms with E-state index in [4.69, 9.17) is 4.74 Å². The average Bonchev–Trinajstić information content (AvgIpc) is 3.01. The molecule has 1 N–H and O–H groups in total. The Hall–Kier alpha value is -2.02. The molecule has 1 aromatic carbocycles. The second-order valence-corrected chi connectivity index (χ2v) is 6.99. The van der Waals surface area contributed by atoms with Crippen molar-refractivity contribution in [3.05, 3.63) is 23.8 Å². The Kier molecular flexibility index (Phi) is 5.08. The van der Waals surface area contributed by atoms with Gasteiger partial charge in [-0.25, -0.2) is 4.98 Å². The SMILES string of the molecule is COC(=O)C1CCN(C(=O)CSc2nc3ccc(C)cc3[nH]2)CC1. The van der Waals surface area contributed by atoms with E-state index >= 15 is 0 Å². The molecule has 0 bridgehead atoms. The van der Waals surface area contributed by atoms with E-state index < -0.39 is 0 Å². The Balaban J connectivity index is 1.53. The molecule has 2 heterocycles. The third-order valence-corrected chi connectivity index (χ3v) is 5.19. The largest absolute Gasteiger partial charge is 0.469 e. The van der Waals surface area contributed by atoms with Crippen LogP contribution in [-0.4, -0.2) is 52.7 Å². The lowest BCUT2D eigenvalue weighted by molar-refractivity contribution is -0.148. The van der Waals surface area contributed by atoms with Crippen LogP contribution in [0.1, 0.15) is 18.4 Å². The summed E-state index contributed by atoms with van der Waals surface area (Å²) in [6.45, 7) is 3.26. The van der Waals surface area contributed by atoms with Gasteiger partial charge in [-0.05, 0) is 37.5 Å². The van der Waals surface area contributed by atoms with Crippen LogP contribution >= 0.6 is 11.8 Å². The number of ether oxygens (including phenoxy) is 1. The molecule has 0 aliphatic carbocycles. The number of aromatic nitrogens is 2. The Bertz CT molecular complexity index is 751. The van der Waals surface area contributed by atoms with Gasteiger partial charge in [0.25, 0.3) is 0 Å². The number of amides is 1. The molecule has 0 radical (unpaired) electrons. The van der Waals surface area contributed by atoms with Crippen LogP contribution in [0.3, 0.4) is 0 Å². The predicted molar refractivity (Wildman–Crippen MR) is 92.9 cm³/mol. The summed E-state index contributed by atoms with van der Waals surface area (Å²) < 4.78 is 4.77. The quantitative estimate of drug-likeness (QED) is 0.679. The fourth-order valence-electron chi connectivity index (χ4n) is 2.92. The van der Waals surface area contributed by atoms with Gasteiger partial charge < -0.3 is 14.6 Å². The number of hydrogen-bond acceptors (Lipinski definition) is 5. The van der Waals surface area contributed by atoms with Gasteiger partial charge >= 0.3 is 5.97 Å². The summed E-state index contributed by atoms with van der Waals surface area (Å²) in [5, 5.41) is 0.758. The number of fused-ring (bicyclic) bond motifs is 1. The van der Waals surface area contributed by atoms with Crippen LogP contribution in [0, 0.1) is 12.8 Å². The molecular weight excluding hydrogens is 326 g/mol. The van der Waals surface area contributed by atoms with Gasteiger partial charge in [-0.3, -0.25) is 9.59 Å². The third kappa shape index (κ3) is 3.72. The smallest absolute Gasteiger partial charge is 0.308 e. The number of likely N-dealkylation sites (tertiary alicyclic amines) is 1. The summed E-state index contributed by atoms with van der Waals surface area (Å²) in [6, 6.07) is 6.05. The number of methoxy groups -OCH3 is 1. The van der Waals surface area contributed by atoms with Crippen molar-refractivity contribution in [3.63, 3.8) is 0 Å². The minimum atomic E-state index is -0.172. The monoisotopic (exact) mass is 347 g/mol. The highest BCUT2D eigenvalue weighted by Gasteiger charge is 2.27. The molecule has 6 nitrogen and oxygen atoms in total. The Morgan fingerprint density at radius 2 is 2.12 bits per heavy atom. The second kappa shape index (κ2) is 7.25. The maximum Gasteiger partial charge on any atom is 0.308 e. The molecule has 1 fully saturated rings. The van der Waals surface area contributed by atoms with Gasteiger partial charge in [-0.2, -0.15) is 0 Å². The molecule has 1 aliphatic heterocycles. The van der Waals surface area contributed by atoms with E-state index in [-0.39, 0.29) is 17.8 Å². The normalized spacial score (nSPS) is 15.7. The number of aromatic amines is 1. The minimum Gasteiger partial charge on any atom is -0.469 e. The van der Waals surface area contributed by atoms with E-state index in [9.17, 15) is 9.59 Å². The zero-order valence-corrected chi connectivity index (χ0v) is 14.7. The first-order chi connectivity index (χ1) is 11.6. The number of rotatable bonds is 4. The molecule has 7 heteroatoms. The molecular formula is C17H21N3O3S. The van der Waals surface area contributed by atoms with Gasteiger partial charge in [-0.1, -0.05) is 17.8 Å². The standard InChI is InChI=1S/C17H21N3O3S/c1-11-3-4-13-14(9-11)19-17(18-13)24-10-15(21)20-7-5-12(6-8-20)16(22)23-2/h3-4,9,12H,5-8,10H2,1-2H3,(H,18,19). The minimum absolute atomic E-state index is 0.0784. The van der Waals surface area contributed by atoms with E-state index in [0.29, 0.717) is 31.7 Å². The summed E-state index contributed by atoms with van der Waals surface area (Å²) in [5.41, 5.74) is 3.07. The summed E-state index contributed by atoms with van der Waals surface area (Å²) in [5.74, 6) is 0.182. The Morgan fingerprint density at radius 1 is 1.38 bits per heavy atom. The molecule has 0 spiro atoms. The third-order valence-electron chi connectivity index (χ3n) is 4.33. The van der Waals surface area contributed by atoms with Crippen LogP contribution in [0.5, 0.6) is 0 Å². The van der Waals surface area contributed by atoms with Crippen LogP contribution in [-0.2, 0) is 14.3 Å². The second-order valence-electron chi connectivity index (χ2n) is 6.03. The number of thioether (sulfide) groups is 1. The number of hydrogen-bond donors (Lipinski definition) is 1. The molecule has 0 unspecified atom stereocenters. The number of nitrogens with one attached hydrogen (secondary N) is 1. The van der Waals surface area contributed by atoms with Crippen molar-refractivity contribution >= 4 is 34.7 Å². The topological polar surface area (TPSA) is 75.3 Å². The van der Waals surface area contributed by atoms with Crippen molar-refractivity contribution in [2.75, 3.05) is 26.0 Å². The van der Waals surface area contributed by atoms with E-state index in [1.165, 1.54) is 24.4 Å². The number of imidazole rings is 1. The van der Waals surface area contributed by atoms with Crippen LogP contribution in [0.2, 0.25) is 0 Å². The summed E-state index contributed by atoms with van der Waals surface area (Å²) >= 11 is 1.42. The maximum atomic E-state index is 12.3. The Labute approximate surface area is 145 Å². The molecule has 128 valence electrons. The van der Waals surface area contributed by atoms with Crippen LogP contribution < -0.4 is 0 Å². The van der Waals surface area contributed by atoms with Gasteiger partial charge in [0.2, 0.25) is 5.91 Å². The molecule has 1 aromatic heterocycles. The number of esters is 1.